The summed E-state index contributed by atoms with van der Waals surface area (Å²) in [4.78, 5) is 2.44. The van der Waals surface area contributed by atoms with Gasteiger partial charge in [-0.15, -0.1) is 0 Å². The number of fused-ring (bicyclic) bond motifs is 17. The number of hydrogen-bond donors (Lipinski definition) is 0. The van der Waals surface area contributed by atoms with Crippen LogP contribution in [-0.4, -0.2) is 4.57 Å². The minimum Gasteiger partial charge on any atom is -0.310 e. The molecule has 0 radical (unpaired) electrons. The number of benzene rings is 14. The van der Waals surface area contributed by atoms with E-state index >= 15 is 0 Å². The highest BCUT2D eigenvalue weighted by atomic mass is 15.1. The molecule has 2 nitrogen and oxygen atoms in total. The summed E-state index contributed by atoms with van der Waals surface area (Å²) < 4.78 is 2.58. The zero-order chi connectivity index (χ0) is 57.1. The third-order valence-electron chi connectivity index (χ3n) is 20.2. The smallest absolute Gasteiger partial charge is 0.0725 e. The van der Waals surface area contributed by atoms with Gasteiger partial charge in [-0.1, -0.05) is 249 Å². The lowest BCUT2D eigenvalue weighted by Crippen LogP contribution is -2.25. The summed E-state index contributed by atoms with van der Waals surface area (Å²) in [5.74, 6) is 0. The maximum absolute atomic E-state index is 2.58. The van der Waals surface area contributed by atoms with Gasteiger partial charge in [0.15, 0.2) is 0 Å². The van der Waals surface area contributed by atoms with Crippen LogP contribution >= 0.6 is 0 Å². The normalized spacial score (nSPS) is 14.9. The first-order valence-corrected chi connectivity index (χ1v) is 30.5. The zero-order valence-electron chi connectivity index (χ0n) is 47.8. The fourth-order valence-electron chi connectivity index (χ4n) is 16.4. The minimum absolute atomic E-state index is 0.376. The number of para-hydroxylation sites is 1. The Morgan fingerprint density at radius 1 is 0.287 bits per heavy atom. The molecule has 1 unspecified atom stereocenters. The number of nitrogens with zero attached hydrogens (tertiary/aromatic N) is 2. The largest absolute Gasteiger partial charge is 0.310 e. The van der Waals surface area contributed by atoms with Crippen LogP contribution in [0.1, 0.15) is 45.9 Å². The van der Waals surface area contributed by atoms with Crippen molar-refractivity contribution in [1.29, 1.82) is 0 Å². The molecule has 0 fully saturated rings. The molecule has 1 aromatic heterocycles. The average molecular weight is 1100 g/mol. The Bertz CT molecular complexity index is 5370. The average Bonchev–Trinajstić information content (AvgIpc) is 1.59. The Morgan fingerprint density at radius 2 is 0.805 bits per heavy atom. The Labute approximate surface area is 505 Å². The van der Waals surface area contributed by atoms with Crippen LogP contribution < -0.4 is 4.90 Å². The summed E-state index contributed by atoms with van der Waals surface area (Å²) in [7, 11) is 0. The molecule has 14 aromatic carbocycles. The van der Waals surface area contributed by atoms with Crippen molar-refractivity contribution in [2.45, 2.75) is 17.8 Å². The Kier molecular flexibility index (Phi) is 9.99. The zero-order valence-corrected chi connectivity index (χ0v) is 47.8. The van der Waals surface area contributed by atoms with Gasteiger partial charge < -0.3 is 9.47 Å². The summed E-state index contributed by atoms with van der Waals surface area (Å²) in [5.41, 5.74) is 33.1. The molecule has 1 atom stereocenters. The Morgan fingerprint density at radius 3 is 1.53 bits per heavy atom. The van der Waals surface area contributed by atoms with Crippen LogP contribution in [0.2, 0.25) is 0 Å². The van der Waals surface area contributed by atoms with E-state index in [-0.39, 0.29) is 5.41 Å². The second kappa shape index (κ2) is 18.0. The van der Waals surface area contributed by atoms with Gasteiger partial charge in [0.25, 0.3) is 0 Å². The van der Waals surface area contributed by atoms with E-state index in [9.17, 15) is 0 Å². The first-order valence-electron chi connectivity index (χ1n) is 30.5. The van der Waals surface area contributed by atoms with Gasteiger partial charge in [-0.2, -0.15) is 0 Å². The molecule has 0 saturated carbocycles. The Balaban J connectivity index is 0.752. The number of anilines is 3. The predicted octanol–water partition coefficient (Wildman–Crippen LogP) is 22.1. The van der Waals surface area contributed by atoms with Crippen molar-refractivity contribution in [2.24, 2.45) is 0 Å². The summed E-state index contributed by atoms with van der Waals surface area (Å²) in [6, 6.07) is 116. The molecule has 2 heterocycles. The molecule has 3 aliphatic carbocycles. The molecule has 2 heteroatoms. The highest BCUT2D eigenvalue weighted by Gasteiger charge is 2.52. The molecule has 0 N–H and O–H groups in total. The van der Waals surface area contributed by atoms with Crippen LogP contribution in [0.25, 0.3) is 116 Å². The lowest BCUT2D eigenvalue weighted by molar-refractivity contribution is 0.715. The van der Waals surface area contributed by atoms with E-state index in [1.807, 2.05) is 0 Å². The van der Waals surface area contributed by atoms with Crippen LogP contribution in [0, 0.1) is 0 Å². The van der Waals surface area contributed by atoms with Gasteiger partial charge in [0.2, 0.25) is 0 Å². The van der Waals surface area contributed by atoms with Crippen molar-refractivity contribution < 1.29 is 0 Å². The molecule has 4 aliphatic rings. The second-order valence-corrected chi connectivity index (χ2v) is 24.3. The third kappa shape index (κ3) is 6.54. The van der Waals surface area contributed by atoms with Crippen LogP contribution in [0.4, 0.5) is 17.1 Å². The third-order valence-corrected chi connectivity index (χ3v) is 20.2. The number of hydrogen-bond acceptors (Lipinski definition) is 1. The van der Waals surface area contributed by atoms with Crippen LogP contribution in [0.15, 0.2) is 309 Å². The summed E-state index contributed by atoms with van der Waals surface area (Å²) in [6.45, 7) is 2.46. The molecule has 87 heavy (non-hydrogen) atoms. The standard InChI is InChI=1S/C85H54N2/c1-84(59-40-34-54-20-5-6-21-57(54)50-59)77-32-17-28-69-72-51-58(39-49-80(72)87-79-33-16-12-27-68(79)70-46-48-78(84)82(81(69)77)83(70)87)64-23-8-7-22-63(64)56-37-43-61(44-38-56)86(60-41-35-55(36-42-60)53-18-3-2-4-19-53)62-45-47-76-71(52-62)67-26-11-15-31-75(67)85(76)73-29-13-9-24-65(73)66-25-10-14-30-74(66)85/h2-52H,1H3. The minimum atomic E-state index is -0.412. The van der Waals surface area contributed by atoms with Crippen molar-refractivity contribution in [1.82, 2.24) is 4.57 Å². The van der Waals surface area contributed by atoms with Crippen molar-refractivity contribution in [3.63, 3.8) is 0 Å². The maximum atomic E-state index is 2.58. The van der Waals surface area contributed by atoms with E-state index in [4.69, 9.17) is 0 Å². The SMILES string of the molecule is CC1(c2ccc3ccccc3c2)c2cccc3c2-c2c1ccc1c4ccccc4n(c21)-c1ccc(-c2ccccc2-c2ccc(N(c4ccc(-c5ccccc5)cc4)c4ccc5c(c4)-c4ccccc4C54c5ccccc5-c5ccccc54)cc2)cc1-3. The molecule has 404 valence electrons. The summed E-state index contributed by atoms with van der Waals surface area (Å²) in [6.07, 6.45) is 0. The molecule has 0 amide bonds. The topological polar surface area (TPSA) is 8.17 Å². The first kappa shape index (κ1) is 48.3. The monoisotopic (exact) mass is 1100 g/mol. The first-order chi connectivity index (χ1) is 43.0. The molecule has 19 rings (SSSR count). The second-order valence-electron chi connectivity index (χ2n) is 24.3. The molecule has 0 saturated heterocycles. The molecular formula is C85H54N2. The van der Waals surface area contributed by atoms with Gasteiger partial charge >= 0.3 is 0 Å². The molecule has 15 aromatic rings. The number of rotatable bonds is 7. The highest BCUT2D eigenvalue weighted by molar-refractivity contribution is 6.19. The fraction of sp³-hybridized carbons (Fsp3) is 0.0353. The van der Waals surface area contributed by atoms with E-state index < -0.39 is 5.41 Å². The van der Waals surface area contributed by atoms with Crippen LogP contribution in [-0.2, 0) is 10.8 Å². The summed E-state index contributed by atoms with van der Waals surface area (Å²) in [5, 5.41) is 5.09. The maximum Gasteiger partial charge on any atom is 0.0725 e. The van der Waals surface area contributed by atoms with Gasteiger partial charge in [0, 0.05) is 44.4 Å². The van der Waals surface area contributed by atoms with E-state index in [1.165, 1.54) is 150 Å². The van der Waals surface area contributed by atoms with Crippen molar-refractivity contribution in [2.75, 3.05) is 4.90 Å². The highest BCUT2D eigenvalue weighted by Crippen LogP contribution is 2.64. The lowest BCUT2D eigenvalue weighted by Gasteiger charge is -2.31. The van der Waals surface area contributed by atoms with E-state index in [2.05, 4.69) is 326 Å². The molecule has 1 aliphatic heterocycles. The van der Waals surface area contributed by atoms with Crippen LogP contribution in [0.5, 0.6) is 0 Å². The van der Waals surface area contributed by atoms with Crippen molar-refractivity contribution in [3.05, 3.63) is 348 Å². The predicted molar refractivity (Wildman–Crippen MR) is 362 cm³/mol. The van der Waals surface area contributed by atoms with E-state index in [0.29, 0.717) is 0 Å². The number of aromatic nitrogens is 1. The van der Waals surface area contributed by atoms with Crippen LogP contribution in [0.3, 0.4) is 0 Å². The fourth-order valence-corrected chi connectivity index (χ4v) is 16.4. The van der Waals surface area contributed by atoms with E-state index in [1.54, 1.807) is 0 Å². The lowest BCUT2D eigenvalue weighted by atomic mass is 9.70. The van der Waals surface area contributed by atoms with Gasteiger partial charge in [0.05, 0.1) is 22.1 Å². The molecule has 0 bridgehead atoms. The van der Waals surface area contributed by atoms with E-state index in [0.717, 1.165) is 22.6 Å². The molecular weight excluding hydrogens is 1050 g/mol. The van der Waals surface area contributed by atoms with Crippen molar-refractivity contribution >= 4 is 49.6 Å². The molecule has 1 spiro atoms. The summed E-state index contributed by atoms with van der Waals surface area (Å²) >= 11 is 0. The van der Waals surface area contributed by atoms with Crippen molar-refractivity contribution in [3.8, 4) is 83.6 Å². The quantitative estimate of drug-likeness (QED) is 0.154. The van der Waals surface area contributed by atoms with Gasteiger partial charge in [0.1, 0.15) is 0 Å². The van der Waals surface area contributed by atoms with Gasteiger partial charge in [-0.25, -0.2) is 0 Å². The van der Waals surface area contributed by atoms with Gasteiger partial charge in [-0.3, -0.25) is 0 Å². The Hall–Kier alpha value is -11.1. The van der Waals surface area contributed by atoms with Gasteiger partial charge in [-0.05, 0) is 184 Å².